The summed E-state index contributed by atoms with van der Waals surface area (Å²) in [5.41, 5.74) is 3.39. The van der Waals surface area contributed by atoms with E-state index >= 15 is 0 Å². The van der Waals surface area contributed by atoms with Gasteiger partial charge in [0.25, 0.3) is 0 Å². The molecule has 0 saturated carbocycles. The highest BCUT2D eigenvalue weighted by Crippen LogP contribution is 2.17. The van der Waals surface area contributed by atoms with Gasteiger partial charge in [-0.15, -0.1) is 0 Å². The fourth-order valence-electron chi connectivity index (χ4n) is 2.09. The molecular weight excluding hydrogens is 236 g/mol. The van der Waals surface area contributed by atoms with E-state index in [0.717, 1.165) is 30.8 Å². The molecule has 1 N–H and O–H groups in total. The number of nitrogens with zero attached hydrogens (tertiary/aromatic N) is 3. The van der Waals surface area contributed by atoms with E-state index in [4.69, 9.17) is 0 Å². The maximum absolute atomic E-state index is 4.46. The standard InChI is InChI=1S/C15H22N4/c1-4-8-16-15(10-14-7-9-19(3)18-14)13-6-5-12(2)17-11-13/h5-7,9,11,15-16H,4,8,10H2,1-3H3. The molecule has 0 amide bonds. The smallest absolute Gasteiger partial charge is 0.0643 e. The molecule has 0 saturated heterocycles. The maximum atomic E-state index is 4.46. The van der Waals surface area contributed by atoms with Gasteiger partial charge in [0.05, 0.1) is 5.69 Å². The topological polar surface area (TPSA) is 42.7 Å². The monoisotopic (exact) mass is 258 g/mol. The zero-order chi connectivity index (χ0) is 13.7. The van der Waals surface area contributed by atoms with Crippen molar-refractivity contribution >= 4 is 0 Å². The molecule has 2 heterocycles. The maximum Gasteiger partial charge on any atom is 0.0643 e. The number of rotatable bonds is 6. The molecule has 1 atom stereocenters. The van der Waals surface area contributed by atoms with Crippen LogP contribution < -0.4 is 5.32 Å². The summed E-state index contributed by atoms with van der Waals surface area (Å²) in [5, 5.41) is 8.03. The van der Waals surface area contributed by atoms with Crippen molar-refractivity contribution < 1.29 is 0 Å². The van der Waals surface area contributed by atoms with Crippen molar-refractivity contribution in [3.8, 4) is 0 Å². The Balaban J connectivity index is 2.13. The predicted octanol–water partition coefficient (Wildman–Crippen LogP) is 2.41. The lowest BCUT2D eigenvalue weighted by atomic mass is 10.0. The first-order valence-corrected chi connectivity index (χ1v) is 6.83. The van der Waals surface area contributed by atoms with E-state index in [1.54, 1.807) is 0 Å². The average molecular weight is 258 g/mol. The molecule has 0 bridgehead atoms. The first kappa shape index (κ1) is 13.7. The molecule has 0 radical (unpaired) electrons. The second-order valence-electron chi connectivity index (χ2n) is 4.92. The third kappa shape index (κ3) is 3.89. The van der Waals surface area contributed by atoms with E-state index in [-0.39, 0.29) is 6.04 Å². The van der Waals surface area contributed by atoms with Gasteiger partial charge in [0.1, 0.15) is 0 Å². The summed E-state index contributed by atoms with van der Waals surface area (Å²) in [6.45, 7) is 5.20. The number of aromatic nitrogens is 3. The van der Waals surface area contributed by atoms with Crippen molar-refractivity contribution in [1.82, 2.24) is 20.1 Å². The summed E-state index contributed by atoms with van der Waals surface area (Å²) in [4.78, 5) is 4.39. The van der Waals surface area contributed by atoms with Crippen LogP contribution in [0.2, 0.25) is 0 Å². The van der Waals surface area contributed by atoms with Crippen molar-refractivity contribution in [1.29, 1.82) is 0 Å². The largest absolute Gasteiger partial charge is 0.310 e. The van der Waals surface area contributed by atoms with Crippen molar-refractivity contribution in [3.63, 3.8) is 0 Å². The molecule has 102 valence electrons. The molecule has 0 aliphatic rings. The number of pyridine rings is 1. The number of hydrogen-bond donors (Lipinski definition) is 1. The van der Waals surface area contributed by atoms with E-state index in [2.05, 4.69) is 40.5 Å². The molecule has 2 rings (SSSR count). The van der Waals surface area contributed by atoms with E-state index in [9.17, 15) is 0 Å². The van der Waals surface area contributed by atoms with Crippen molar-refractivity contribution in [2.24, 2.45) is 7.05 Å². The van der Waals surface area contributed by atoms with Crippen LogP contribution in [0.15, 0.2) is 30.6 Å². The molecule has 19 heavy (non-hydrogen) atoms. The molecule has 2 aromatic rings. The highest BCUT2D eigenvalue weighted by Gasteiger charge is 2.13. The van der Waals surface area contributed by atoms with Crippen LogP contribution in [0.1, 0.15) is 36.3 Å². The highest BCUT2D eigenvalue weighted by molar-refractivity contribution is 5.19. The van der Waals surface area contributed by atoms with Crippen LogP contribution in [-0.4, -0.2) is 21.3 Å². The highest BCUT2D eigenvalue weighted by atomic mass is 15.2. The molecule has 4 heteroatoms. The average Bonchev–Trinajstić information content (AvgIpc) is 2.81. The van der Waals surface area contributed by atoms with Gasteiger partial charge in [-0.1, -0.05) is 13.0 Å². The zero-order valence-electron chi connectivity index (χ0n) is 11.9. The number of aryl methyl sites for hydroxylation is 2. The predicted molar refractivity (Wildman–Crippen MR) is 76.9 cm³/mol. The molecule has 1 unspecified atom stereocenters. The third-order valence-corrected chi connectivity index (χ3v) is 3.16. The second kappa shape index (κ2) is 6.48. The van der Waals surface area contributed by atoms with Crippen LogP contribution in [0.25, 0.3) is 0 Å². The first-order valence-electron chi connectivity index (χ1n) is 6.83. The number of nitrogens with one attached hydrogen (secondary N) is 1. The van der Waals surface area contributed by atoms with Crippen LogP contribution in [0, 0.1) is 6.92 Å². The van der Waals surface area contributed by atoms with Gasteiger partial charge in [-0.05, 0) is 37.6 Å². The summed E-state index contributed by atoms with van der Waals surface area (Å²) in [6, 6.07) is 6.57. The fourth-order valence-corrected chi connectivity index (χ4v) is 2.09. The SMILES string of the molecule is CCCNC(Cc1ccn(C)n1)c1ccc(C)nc1. The Labute approximate surface area is 114 Å². The van der Waals surface area contributed by atoms with Crippen molar-refractivity contribution in [2.75, 3.05) is 6.54 Å². The molecule has 4 nitrogen and oxygen atoms in total. The lowest BCUT2D eigenvalue weighted by Gasteiger charge is -2.17. The summed E-state index contributed by atoms with van der Waals surface area (Å²) in [5.74, 6) is 0. The van der Waals surface area contributed by atoms with E-state index in [0.29, 0.717) is 0 Å². The minimum absolute atomic E-state index is 0.281. The van der Waals surface area contributed by atoms with Crippen molar-refractivity contribution in [3.05, 3.63) is 47.5 Å². The summed E-state index contributed by atoms with van der Waals surface area (Å²) < 4.78 is 1.85. The molecule has 0 aromatic carbocycles. The van der Waals surface area contributed by atoms with Crippen LogP contribution >= 0.6 is 0 Å². The van der Waals surface area contributed by atoms with Gasteiger partial charge in [-0.25, -0.2) is 0 Å². The van der Waals surface area contributed by atoms with Gasteiger partial charge in [0, 0.05) is 37.6 Å². The molecule has 2 aromatic heterocycles. The zero-order valence-corrected chi connectivity index (χ0v) is 11.9. The summed E-state index contributed by atoms with van der Waals surface area (Å²) in [7, 11) is 1.95. The Kier molecular flexibility index (Phi) is 4.68. The van der Waals surface area contributed by atoms with Gasteiger partial charge in [0.2, 0.25) is 0 Å². The Morgan fingerprint density at radius 1 is 1.32 bits per heavy atom. The molecule has 0 spiro atoms. The van der Waals surface area contributed by atoms with E-state index < -0.39 is 0 Å². The molecule has 0 aliphatic heterocycles. The minimum Gasteiger partial charge on any atom is -0.310 e. The number of hydrogen-bond acceptors (Lipinski definition) is 3. The van der Waals surface area contributed by atoms with Gasteiger partial charge in [-0.2, -0.15) is 5.10 Å². The summed E-state index contributed by atoms with van der Waals surface area (Å²) >= 11 is 0. The fraction of sp³-hybridized carbons (Fsp3) is 0.467. The second-order valence-corrected chi connectivity index (χ2v) is 4.92. The normalized spacial score (nSPS) is 12.6. The summed E-state index contributed by atoms with van der Waals surface area (Å²) in [6.07, 6.45) is 5.97. The van der Waals surface area contributed by atoms with Gasteiger partial charge >= 0.3 is 0 Å². The van der Waals surface area contributed by atoms with Crippen LogP contribution in [0.5, 0.6) is 0 Å². The lowest BCUT2D eigenvalue weighted by Crippen LogP contribution is -2.24. The molecular formula is C15H22N4. The van der Waals surface area contributed by atoms with Crippen LogP contribution in [-0.2, 0) is 13.5 Å². The van der Waals surface area contributed by atoms with Crippen molar-refractivity contribution in [2.45, 2.75) is 32.7 Å². The first-order chi connectivity index (χ1) is 9.19. The Hall–Kier alpha value is -1.68. The lowest BCUT2D eigenvalue weighted by molar-refractivity contribution is 0.519. The van der Waals surface area contributed by atoms with Gasteiger partial charge in [-0.3, -0.25) is 9.67 Å². The van der Waals surface area contributed by atoms with Crippen LogP contribution in [0.3, 0.4) is 0 Å². The Morgan fingerprint density at radius 2 is 2.16 bits per heavy atom. The van der Waals surface area contributed by atoms with Gasteiger partial charge in [0.15, 0.2) is 0 Å². The Morgan fingerprint density at radius 3 is 2.74 bits per heavy atom. The van der Waals surface area contributed by atoms with E-state index in [1.807, 2.05) is 31.0 Å². The van der Waals surface area contributed by atoms with E-state index in [1.165, 1.54) is 5.56 Å². The third-order valence-electron chi connectivity index (χ3n) is 3.16. The minimum atomic E-state index is 0.281. The molecule has 0 aliphatic carbocycles. The Bertz CT molecular complexity index is 501. The quantitative estimate of drug-likeness (QED) is 0.865. The van der Waals surface area contributed by atoms with Crippen LogP contribution in [0.4, 0.5) is 0 Å². The molecule has 0 fully saturated rings. The van der Waals surface area contributed by atoms with Gasteiger partial charge < -0.3 is 5.32 Å².